The minimum Gasteiger partial charge on any atom is -0.356 e. The summed E-state index contributed by atoms with van der Waals surface area (Å²) in [4.78, 5) is 2.35. The fourth-order valence-electron chi connectivity index (χ4n) is 2.65. The summed E-state index contributed by atoms with van der Waals surface area (Å²) in [7, 11) is 0. The number of anilines is 4. The number of hydrogen-bond donors (Lipinski definition) is 1. The Labute approximate surface area is 138 Å². The van der Waals surface area contributed by atoms with Crippen molar-refractivity contribution in [2.24, 2.45) is 0 Å². The van der Waals surface area contributed by atoms with Crippen molar-refractivity contribution in [2.75, 3.05) is 16.8 Å². The Kier molecular flexibility index (Phi) is 4.95. The summed E-state index contributed by atoms with van der Waals surface area (Å²) < 4.78 is 0. The van der Waals surface area contributed by atoms with E-state index in [9.17, 15) is 0 Å². The Bertz CT molecular complexity index is 706. The minimum absolute atomic E-state index is 1.01. The zero-order chi connectivity index (χ0) is 15.9. The lowest BCUT2D eigenvalue weighted by Gasteiger charge is -2.24. The average molecular weight is 302 g/mol. The van der Waals surface area contributed by atoms with Crippen LogP contribution in [0.25, 0.3) is 0 Å². The van der Waals surface area contributed by atoms with E-state index >= 15 is 0 Å². The van der Waals surface area contributed by atoms with E-state index in [1.54, 1.807) is 0 Å². The van der Waals surface area contributed by atoms with Crippen LogP contribution in [-0.4, -0.2) is 6.54 Å². The van der Waals surface area contributed by atoms with Gasteiger partial charge in [-0.2, -0.15) is 0 Å². The first-order valence-corrected chi connectivity index (χ1v) is 8.11. The van der Waals surface area contributed by atoms with Crippen LogP contribution in [0, 0.1) is 0 Å². The maximum absolute atomic E-state index is 3.42. The maximum Gasteiger partial charge on any atom is 0.0412 e. The van der Waals surface area contributed by atoms with E-state index in [-0.39, 0.29) is 0 Å². The zero-order valence-corrected chi connectivity index (χ0v) is 13.4. The topological polar surface area (TPSA) is 15.3 Å². The van der Waals surface area contributed by atoms with Crippen LogP contribution in [0.2, 0.25) is 0 Å². The molecule has 3 aromatic rings. The highest BCUT2D eigenvalue weighted by Crippen LogP contribution is 2.27. The molecular formula is C21H22N2. The largest absolute Gasteiger partial charge is 0.356 e. The van der Waals surface area contributed by atoms with Gasteiger partial charge in [-0.05, 0) is 55.0 Å². The lowest BCUT2D eigenvalue weighted by molar-refractivity contribution is 0.886. The molecule has 0 atom stereocenters. The third-order valence-electron chi connectivity index (χ3n) is 3.76. The van der Waals surface area contributed by atoms with Crippen molar-refractivity contribution in [3.8, 4) is 0 Å². The van der Waals surface area contributed by atoms with Gasteiger partial charge >= 0.3 is 0 Å². The van der Waals surface area contributed by atoms with Crippen LogP contribution in [0.5, 0.6) is 0 Å². The molecule has 0 aliphatic carbocycles. The average Bonchev–Trinajstić information content (AvgIpc) is 2.62. The first-order chi connectivity index (χ1) is 11.4. The van der Waals surface area contributed by atoms with Gasteiger partial charge in [0.1, 0.15) is 0 Å². The number of para-hydroxylation sites is 2. The molecule has 0 unspecified atom stereocenters. The van der Waals surface area contributed by atoms with Gasteiger partial charge in [-0.1, -0.05) is 43.3 Å². The van der Waals surface area contributed by atoms with Crippen molar-refractivity contribution in [1.82, 2.24) is 0 Å². The number of rotatable bonds is 6. The Morgan fingerprint density at radius 3 is 1.78 bits per heavy atom. The van der Waals surface area contributed by atoms with Crippen molar-refractivity contribution in [2.45, 2.75) is 13.3 Å². The lowest BCUT2D eigenvalue weighted by atomic mass is 10.2. The summed E-state index contributed by atoms with van der Waals surface area (Å²) in [5.74, 6) is 0. The molecule has 0 heterocycles. The van der Waals surface area contributed by atoms with Crippen molar-refractivity contribution in [1.29, 1.82) is 0 Å². The van der Waals surface area contributed by atoms with Crippen molar-refractivity contribution < 1.29 is 0 Å². The molecule has 0 spiro atoms. The smallest absolute Gasteiger partial charge is 0.0412 e. The molecule has 0 fully saturated rings. The van der Waals surface area contributed by atoms with E-state index in [2.05, 4.69) is 83.9 Å². The molecule has 0 saturated carbocycles. The highest BCUT2D eigenvalue weighted by atomic mass is 15.1. The summed E-state index contributed by atoms with van der Waals surface area (Å²) >= 11 is 0. The van der Waals surface area contributed by atoms with Gasteiger partial charge in [0.15, 0.2) is 0 Å². The van der Waals surface area contributed by atoms with Crippen molar-refractivity contribution in [3.05, 3.63) is 84.9 Å². The normalized spacial score (nSPS) is 10.3. The molecular weight excluding hydrogens is 280 g/mol. The monoisotopic (exact) mass is 302 g/mol. The third-order valence-corrected chi connectivity index (χ3v) is 3.76. The summed E-state index contributed by atoms with van der Waals surface area (Å²) in [5.41, 5.74) is 4.66. The molecule has 0 radical (unpaired) electrons. The molecule has 0 aromatic heterocycles. The van der Waals surface area contributed by atoms with Crippen LogP contribution < -0.4 is 10.2 Å². The second-order valence-electron chi connectivity index (χ2n) is 5.53. The molecule has 0 aliphatic heterocycles. The van der Waals surface area contributed by atoms with Crippen LogP contribution in [-0.2, 0) is 0 Å². The summed E-state index contributed by atoms with van der Waals surface area (Å²) in [5, 5.41) is 3.42. The number of nitrogens with zero attached hydrogens (tertiary/aromatic N) is 1. The van der Waals surface area contributed by atoms with Crippen molar-refractivity contribution in [3.63, 3.8) is 0 Å². The Hall–Kier alpha value is -2.74. The van der Waals surface area contributed by atoms with Crippen molar-refractivity contribution >= 4 is 22.7 Å². The summed E-state index contributed by atoms with van der Waals surface area (Å²) in [6.45, 7) is 3.22. The SMILES string of the molecule is CCCN(c1ccccc1)c1ccc(Nc2ccccc2)cc1. The maximum atomic E-state index is 3.42. The van der Waals surface area contributed by atoms with E-state index in [0.29, 0.717) is 0 Å². The fourth-order valence-corrected chi connectivity index (χ4v) is 2.65. The van der Waals surface area contributed by atoms with Gasteiger partial charge in [0, 0.05) is 29.3 Å². The standard InChI is InChI=1S/C21H22N2/c1-2-17-23(20-11-7-4-8-12-20)21-15-13-19(14-16-21)22-18-9-5-3-6-10-18/h3-16,22H,2,17H2,1H3. The minimum atomic E-state index is 1.01. The third kappa shape index (κ3) is 3.92. The molecule has 3 rings (SSSR count). The van der Waals surface area contributed by atoms with Crippen LogP contribution in [0.4, 0.5) is 22.7 Å². The van der Waals surface area contributed by atoms with Gasteiger partial charge < -0.3 is 10.2 Å². The quantitative estimate of drug-likeness (QED) is 0.602. The van der Waals surface area contributed by atoms with E-state index < -0.39 is 0 Å². The zero-order valence-electron chi connectivity index (χ0n) is 13.4. The number of benzene rings is 3. The molecule has 0 saturated heterocycles. The van der Waals surface area contributed by atoms with Gasteiger partial charge in [-0.15, -0.1) is 0 Å². The van der Waals surface area contributed by atoms with E-state index in [4.69, 9.17) is 0 Å². The van der Waals surface area contributed by atoms with Gasteiger partial charge in [0.25, 0.3) is 0 Å². The number of nitrogens with one attached hydrogen (secondary N) is 1. The highest BCUT2D eigenvalue weighted by Gasteiger charge is 2.07. The van der Waals surface area contributed by atoms with Crippen LogP contribution in [0.1, 0.15) is 13.3 Å². The molecule has 1 N–H and O–H groups in total. The van der Waals surface area contributed by atoms with E-state index in [1.165, 1.54) is 11.4 Å². The molecule has 23 heavy (non-hydrogen) atoms. The first kappa shape index (κ1) is 15.2. The highest BCUT2D eigenvalue weighted by molar-refractivity contribution is 5.67. The van der Waals surface area contributed by atoms with Crippen LogP contribution in [0.3, 0.4) is 0 Å². The van der Waals surface area contributed by atoms with Gasteiger partial charge in [0.2, 0.25) is 0 Å². The Balaban J connectivity index is 1.79. The first-order valence-electron chi connectivity index (χ1n) is 8.11. The molecule has 0 amide bonds. The molecule has 2 nitrogen and oxygen atoms in total. The van der Waals surface area contributed by atoms with Crippen LogP contribution in [0.15, 0.2) is 84.9 Å². The van der Waals surface area contributed by atoms with E-state index in [1.807, 2.05) is 18.2 Å². The molecule has 3 aromatic carbocycles. The van der Waals surface area contributed by atoms with Crippen LogP contribution >= 0.6 is 0 Å². The lowest BCUT2D eigenvalue weighted by Crippen LogP contribution is -2.17. The van der Waals surface area contributed by atoms with Gasteiger partial charge in [0.05, 0.1) is 0 Å². The second-order valence-corrected chi connectivity index (χ2v) is 5.53. The Morgan fingerprint density at radius 2 is 1.17 bits per heavy atom. The van der Waals surface area contributed by atoms with E-state index in [0.717, 1.165) is 24.3 Å². The predicted octanol–water partition coefficient (Wildman–Crippen LogP) is 5.98. The molecule has 116 valence electrons. The van der Waals surface area contributed by atoms with Gasteiger partial charge in [-0.25, -0.2) is 0 Å². The number of hydrogen-bond acceptors (Lipinski definition) is 2. The molecule has 0 bridgehead atoms. The Morgan fingerprint density at radius 1 is 0.652 bits per heavy atom. The molecule has 2 heteroatoms. The summed E-state index contributed by atoms with van der Waals surface area (Å²) in [6, 6.07) is 29.4. The molecule has 0 aliphatic rings. The fraction of sp³-hybridized carbons (Fsp3) is 0.143. The predicted molar refractivity (Wildman–Crippen MR) is 99.9 cm³/mol. The second kappa shape index (κ2) is 7.50. The summed E-state index contributed by atoms with van der Waals surface area (Å²) in [6.07, 6.45) is 1.11. The van der Waals surface area contributed by atoms with Gasteiger partial charge in [-0.3, -0.25) is 0 Å².